The molecule has 4 nitrogen and oxygen atoms in total. The summed E-state index contributed by atoms with van der Waals surface area (Å²) in [6, 6.07) is 3.00. The molecule has 0 aliphatic carbocycles. The minimum absolute atomic E-state index is 0.0143. The highest BCUT2D eigenvalue weighted by molar-refractivity contribution is 6.00. The molecule has 0 amide bonds. The molecule has 0 aromatic carbocycles. The van der Waals surface area contributed by atoms with Gasteiger partial charge in [-0.3, -0.25) is 9.78 Å². The zero-order valence-corrected chi connectivity index (χ0v) is 7.81. The number of pyridine rings is 1. The molecule has 4 heteroatoms. The van der Waals surface area contributed by atoms with E-state index in [0.717, 1.165) is 6.54 Å². The normalized spacial score (nSPS) is 24.3. The Morgan fingerprint density at radius 3 is 3.00 bits per heavy atom. The molecule has 0 bridgehead atoms. The summed E-state index contributed by atoms with van der Waals surface area (Å²) in [7, 11) is 0. The lowest BCUT2D eigenvalue weighted by Gasteiger charge is -2.23. The molecule has 1 aliphatic rings. The van der Waals surface area contributed by atoms with Gasteiger partial charge in [0.15, 0.2) is 5.78 Å². The van der Waals surface area contributed by atoms with Crippen LogP contribution in [0.4, 0.5) is 0 Å². The number of carbonyl (C=O) groups is 1. The van der Waals surface area contributed by atoms with Crippen molar-refractivity contribution in [2.45, 2.75) is 6.04 Å². The van der Waals surface area contributed by atoms with Crippen LogP contribution in [-0.4, -0.2) is 36.4 Å². The first-order valence-electron chi connectivity index (χ1n) is 5.14. The lowest BCUT2D eigenvalue weighted by atomic mass is 10.0. The molecule has 2 heterocycles. The summed E-state index contributed by atoms with van der Waals surface area (Å²) in [4.78, 5) is 15.8. The molecule has 1 unspecified atom stereocenters. The lowest BCUT2D eigenvalue weighted by Crippen LogP contribution is -2.52. The van der Waals surface area contributed by atoms with Gasteiger partial charge in [-0.2, -0.15) is 0 Å². The molecule has 14 heavy (non-hydrogen) atoms. The van der Waals surface area contributed by atoms with Gasteiger partial charge in [0, 0.05) is 37.6 Å². The van der Waals surface area contributed by atoms with Crippen molar-refractivity contribution in [3.8, 4) is 0 Å². The van der Waals surface area contributed by atoms with Crippen LogP contribution in [0, 0.1) is 0 Å². The van der Waals surface area contributed by atoms with Crippen molar-refractivity contribution in [3.05, 3.63) is 30.1 Å². The second-order valence-corrected chi connectivity index (χ2v) is 3.23. The maximum atomic E-state index is 12.0. The van der Waals surface area contributed by atoms with Crippen molar-refractivity contribution < 1.29 is 6.21 Å². The first kappa shape index (κ1) is 8.08. The summed E-state index contributed by atoms with van der Waals surface area (Å²) in [5.41, 5.74) is 0.621. The highest BCUT2D eigenvalue weighted by Gasteiger charge is 2.20. The van der Waals surface area contributed by atoms with Crippen molar-refractivity contribution in [1.29, 1.82) is 0 Å². The molecular weight excluding hydrogens is 178 g/mol. The van der Waals surface area contributed by atoms with Gasteiger partial charge in [0.25, 0.3) is 0 Å². The van der Waals surface area contributed by atoms with Crippen molar-refractivity contribution in [2.75, 3.05) is 19.6 Å². The molecule has 2 rings (SSSR count). The maximum absolute atomic E-state index is 12.0. The predicted molar refractivity (Wildman–Crippen MR) is 53.2 cm³/mol. The van der Waals surface area contributed by atoms with Gasteiger partial charge >= 0.3 is 0 Å². The van der Waals surface area contributed by atoms with E-state index in [-0.39, 0.29) is 11.8 Å². The number of piperazine rings is 1. The number of carbonyl (C=O) groups excluding carboxylic acids is 1. The van der Waals surface area contributed by atoms with Gasteiger partial charge < -0.3 is 10.6 Å². The fourth-order valence-corrected chi connectivity index (χ4v) is 1.49. The minimum Gasteiger partial charge on any atom is -0.313 e. The number of nitrogens with one attached hydrogen (secondary N) is 2. The topological polar surface area (TPSA) is 54.0 Å². The first-order chi connectivity index (χ1) is 7.29. The van der Waals surface area contributed by atoms with Crippen LogP contribution in [0.3, 0.4) is 0 Å². The third-order valence-electron chi connectivity index (χ3n) is 2.24. The Balaban J connectivity index is 2.13. The van der Waals surface area contributed by atoms with E-state index in [4.69, 9.17) is 1.41 Å². The van der Waals surface area contributed by atoms with Gasteiger partial charge in [-0.1, -0.05) is 0 Å². The monoisotopic (exact) mass is 192 g/mol. The van der Waals surface area contributed by atoms with E-state index < -0.39 is 0 Å². The van der Waals surface area contributed by atoms with Crippen LogP contribution < -0.4 is 10.6 Å². The maximum Gasteiger partial charge on any atom is 0.181 e. The Morgan fingerprint density at radius 1 is 1.50 bits per heavy atom. The third-order valence-corrected chi connectivity index (χ3v) is 2.24. The largest absolute Gasteiger partial charge is 0.313 e. The highest BCUT2D eigenvalue weighted by atomic mass is 16.1. The lowest BCUT2D eigenvalue weighted by molar-refractivity contribution is 0.0934. The van der Waals surface area contributed by atoms with E-state index in [0.29, 0.717) is 18.7 Å². The second kappa shape index (κ2) is 4.30. The van der Waals surface area contributed by atoms with E-state index in [2.05, 4.69) is 10.3 Å². The molecule has 1 aliphatic heterocycles. The molecule has 1 fully saturated rings. The van der Waals surface area contributed by atoms with Gasteiger partial charge in [-0.25, -0.2) is 0 Å². The highest BCUT2D eigenvalue weighted by Crippen LogP contribution is 2.02. The summed E-state index contributed by atoms with van der Waals surface area (Å²) in [6.07, 6.45) is 3.19. The van der Waals surface area contributed by atoms with E-state index in [1.807, 2.05) is 0 Å². The van der Waals surface area contributed by atoms with Gasteiger partial charge in [-0.05, 0) is 12.1 Å². The van der Waals surface area contributed by atoms with Gasteiger partial charge in [-0.15, -0.1) is 0 Å². The van der Waals surface area contributed by atoms with Crippen molar-refractivity contribution in [1.82, 2.24) is 15.6 Å². The number of hydrogen-bond acceptors (Lipinski definition) is 4. The van der Waals surface area contributed by atoms with Crippen LogP contribution in [0.25, 0.3) is 0 Å². The summed E-state index contributed by atoms with van der Waals surface area (Å²) < 4.78 is 7.67. The smallest absolute Gasteiger partial charge is 0.181 e. The summed E-state index contributed by atoms with van der Waals surface area (Å²) >= 11 is 0. The Labute approximate surface area is 84.2 Å². The number of rotatable bonds is 2. The third kappa shape index (κ3) is 1.97. The molecule has 0 radical (unpaired) electrons. The van der Waals surface area contributed by atoms with Crippen molar-refractivity contribution >= 4 is 5.78 Å². The average Bonchev–Trinajstić information content (AvgIpc) is 2.30. The molecule has 1 aromatic heterocycles. The Morgan fingerprint density at radius 2 is 2.29 bits per heavy atom. The van der Waals surface area contributed by atoms with Crippen molar-refractivity contribution in [2.24, 2.45) is 0 Å². The molecular formula is C10H13N3O. The van der Waals surface area contributed by atoms with Gasteiger partial charge in [0.2, 0.25) is 0 Å². The minimum atomic E-state index is -0.374. The zero-order chi connectivity index (χ0) is 10.7. The standard InChI is InChI=1S/C10H13N3O/c14-10(8-1-3-11-4-2-8)9-7-12-5-6-13-9/h1-4,9,12-13H,5-7H2/i/hD. The van der Waals surface area contributed by atoms with Crippen LogP contribution in [0.15, 0.2) is 24.5 Å². The SMILES string of the molecule is [2H]N1CCNCC1C(=O)c1ccncc1. The molecule has 74 valence electrons. The molecule has 1 atom stereocenters. The summed E-state index contributed by atoms with van der Waals surface area (Å²) in [5, 5.41) is 4.46. The van der Waals surface area contributed by atoms with E-state index in [1.165, 1.54) is 5.31 Å². The van der Waals surface area contributed by atoms with E-state index in [9.17, 15) is 4.79 Å². The quantitative estimate of drug-likeness (QED) is 0.639. The van der Waals surface area contributed by atoms with Crippen LogP contribution in [0.2, 0.25) is 1.41 Å². The summed E-state index contributed by atoms with van der Waals surface area (Å²) in [5.74, 6) is -0.0143. The van der Waals surface area contributed by atoms with Crippen LogP contribution >= 0.6 is 0 Å². The van der Waals surface area contributed by atoms with Crippen LogP contribution in [-0.2, 0) is 0 Å². The first-order valence-corrected chi connectivity index (χ1v) is 4.69. The number of ketones is 1. The Hall–Kier alpha value is -1.26. The van der Waals surface area contributed by atoms with Crippen molar-refractivity contribution in [3.63, 3.8) is 0 Å². The fraction of sp³-hybridized carbons (Fsp3) is 0.400. The zero-order valence-electron chi connectivity index (χ0n) is 8.81. The average molecular weight is 192 g/mol. The molecule has 0 spiro atoms. The number of nitrogens with zero attached hydrogens (tertiary/aromatic N) is 1. The number of aromatic nitrogens is 1. The Bertz CT molecular complexity index is 344. The van der Waals surface area contributed by atoms with Gasteiger partial charge in [0.1, 0.15) is 1.41 Å². The molecule has 1 saturated heterocycles. The Kier molecular flexibility index (Phi) is 2.48. The van der Waals surface area contributed by atoms with E-state index in [1.54, 1.807) is 24.5 Å². The molecule has 1 aromatic rings. The van der Waals surface area contributed by atoms with Gasteiger partial charge in [0.05, 0.1) is 6.04 Å². The fourth-order valence-electron chi connectivity index (χ4n) is 1.49. The summed E-state index contributed by atoms with van der Waals surface area (Å²) in [6.45, 7) is 1.90. The van der Waals surface area contributed by atoms with E-state index >= 15 is 0 Å². The number of hydrogen-bond donors (Lipinski definition) is 2. The van der Waals surface area contributed by atoms with Crippen LogP contribution in [0.5, 0.6) is 0 Å². The second-order valence-electron chi connectivity index (χ2n) is 3.23. The van der Waals surface area contributed by atoms with Crippen LogP contribution in [0.1, 0.15) is 10.4 Å². The molecule has 2 N–H and O–H groups in total. The predicted octanol–water partition coefficient (Wildman–Crippen LogP) is -0.174. The molecule has 0 saturated carbocycles. The number of Topliss-reactive ketones (excluding diaryl/α,β-unsaturated/α-hetero) is 1.